The van der Waals surface area contributed by atoms with E-state index in [1.165, 1.54) is 22.3 Å². The van der Waals surface area contributed by atoms with Crippen molar-refractivity contribution in [3.63, 3.8) is 0 Å². The number of nitrogens with one attached hydrogen (secondary N) is 3. The van der Waals surface area contributed by atoms with Crippen molar-refractivity contribution in [2.75, 3.05) is 13.1 Å². The van der Waals surface area contributed by atoms with Crippen LogP contribution in [-0.2, 0) is 16.0 Å². The van der Waals surface area contributed by atoms with Gasteiger partial charge in [-0.15, -0.1) is 11.3 Å². The Hall–Kier alpha value is -5.10. The molecule has 2 aromatic carbocycles. The Labute approximate surface area is 277 Å². The number of aryl methyl sites for hydroxylation is 1. The molecule has 0 unspecified atom stereocenters. The number of rotatable bonds is 5. The second-order valence-corrected chi connectivity index (χ2v) is 12.7. The van der Waals surface area contributed by atoms with E-state index >= 15 is 0 Å². The lowest BCUT2D eigenvalue weighted by molar-refractivity contribution is -0.133. The van der Waals surface area contributed by atoms with Crippen LogP contribution in [0, 0.1) is 12.8 Å². The SMILES string of the molecule is Cc1oc2nc1C(=O)N[C@H](C)c1nc(cs1)C(=O)N[C@H](Cc1ccccc1)CN(C(=O)/C=C/c1ccccc1)CC(=O)N[C@H]2C(C)C. The van der Waals surface area contributed by atoms with Gasteiger partial charge in [0, 0.05) is 18.0 Å². The monoisotopic (exact) mass is 654 g/mol. The first-order valence-corrected chi connectivity index (χ1v) is 16.3. The molecule has 0 fully saturated rings. The Morgan fingerprint density at radius 3 is 2.40 bits per heavy atom. The molecule has 0 saturated carbocycles. The zero-order valence-corrected chi connectivity index (χ0v) is 27.5. The maximum atomic E-state index is 13.7. The number of carbonyl (C=O) groups excluding carboxylic acids is 4. The van der Waals surface area contributed by atoms with Gasteiger partial charge in [-0.1, -0.05) is 74.5 Å². The molecule has 0 spiro atoms. The van der Waals surface area contributed by atoms with Gasteiger partial charge in [-0.3, -0.25) is 19.2 Å². The molecule has 12 heteroatoms. The maximum Gasteiger partial charge on any atom is 0.274 e. The third kappa shape index (κ3) is 8.59. The van der Waals surface area contributed by atoms with Crippen molar-refractivity contribution < 1.29 is 23.6 Å². The van der Waals surface area contributed by atoms with E-state index in [0.29, 0.717) is 17.2 Å². The molecule has 11 nitrogen and oxygen atoms in total. The molecule has 1 aliphatic heterocycles. The first-order valence-electron chi connectivity index (χ1n) is 15.5. The Morgan fingerprint density at radius 1 is 1.00 bits per heavy atom. The molecule has 3 heterocycles. The van der Waals surface area contributed by atoms with Crippen LogP contribution in [0.4, 0.5) is 0 Å². The molecule has 4 aromatic rings. The van der Waals surface area contributed by atoms with Gasteiger partial charge in [0.05, 0.1) is 18.6 Å². The second kappa shape index (κ2) is 15.0. The number of oxazole rings is 1. The van der Waals surface area contributed by atoms with Crippen LogP contribution in [0.3, 0.4) is 0 Å². The third-order valence-electron chi connectivity index (χ3n) is 7.72. The van der Waals surface area contributed by atoms with E-state index in [-0.39, 0.29) is 36.3 Å². The van der Waals surface area contributed by atoms with Crippen molar-refractivity contribution in [2.45, 2.75) is 52.2 Å². The van der Waals surface area contributed by atoms with Gasteiger partial charge < -0.3 is 25.3 Å². The van der Waals surface area contributed by atoms with Gasteiger partial charge in [-0.2, -0.15) is 0 Å². The van der Waals surface area contributed by atoms with E-state index in [4.69, 9.17) is 4.42 Å². The van der Waals surface area contributed by atoms with Crippen LogP contribution in [-0.4, -0.2) is 57.6 Å². The number of thiazole rings is 1. The van der Waals surface area contributed by atoms with Gasteiger partial charge in [0.2, 0.25) is 17.7 Å². The summed E-state index contributed by atoms with van der Waals surface area (Å²) in [6.07, 6.45) is 3.51. The Kier molecular flexibility index (Phi) is 10.6. The summed E-state index contributed by atoms with van der Waals surface area (Å²) in [5.74, 6) is -1.41. The normalized spacial score (nSPS) is 19.6. The Morgan fingerprint density at radius 2 is 1.70 bits per heavy atom. The average molecular weight is 655 g/mol. The molecule has 0 radical (unpaired) electrons. The molecule has 3 N–H and O–H groups in total. The number of amides is 4. The van der Waals surface area contributed by atoms with Crippen molar-refractivity contribution >= 4 is 41.0 Å². The minimum absolute atomic E-state index is 0.0457. The second-order valence-electron chi connectivity index (χ2n) is 11.8. The van der Waals surface area contributed by atoms with Crippen LogP contribution in [0.5, 0.6) is 0 Å². The van der Waals surface area contributed by atoms with E-state index in [9.17, 15) is 19.2 Å². The van der Waals surface area contributed by atoms with Crippen molar-refractivity contribution in [2.24, 2.45) is 5.92 Å². The molecule has 5 rings (SSSR count). The van der Waals surface area contributed by atoms with E-state index in [2.05, 4.69) is 25.9 Å². The number of fused-ring (bicyclic) bond motifs is 4. The molecule has 0 saturated heterocycles. The number of hydrogen-bond donors (Lipinski definition) is 3. The van der Waals surface area contributed by atoms with Crippen LogP contribution in [0.25, 0.3) is 6.08 Å². The zero-order chi connectivity index (χ0) is 33.5. The molecule has 2 aromatic heterocycles. The van der Waals surface area contributed by atoms with Crippen LogP contribution < -0.4 is 16.0 Å². The number of nitrogens with zero attached hydrogens (tertiary/aromatic N) is 3. The lowest BCUT2D eigenvalue weighted by Gasteiger charge is -2.28. The number of carbonyl (C=O) groups is 4. The Balaban J connectivity index is 1.52. The maximum absolute atomic E-state index is 13.7. The summed E-state index contributed by atoms with van der Waals surface area (Å²) in [6.45, 7) is 6.95. The molecule has 3 atom stereocenters. The zero-order valence-electron chi connectivity index (χ0n) is 26.7. The fraction of sp³-hybridized carbons (Fsp3) is 0.314. The minimum atomic E-state index is -0.669. The van der Waals surface area contributed by atoms with Gasteiger partial charge >= 0.3 is 0 Å². The van der Waals surface area contributed by atoms with Gasteiger partial charge in [-0.25, -0.2) is 9.97 Å². The number of benzene rings is 2. The standard InChI is InChI=1S/C35H38N6O5S/c1-21(2)30-34-40-31(23(4)46-34)33(45)36-22(3)35-38-27(20-47-35)32(44)37-26(17-25-13-9-6-10-14-25)18-41(19-28(42)39-30)29(43)16-15-24-11-7-5-8-12-24/h5-16,20-22,26,30H,17-19H2,1-4H3,(H,36,45)(H,37,44)(H,39,42)/b16-15+/t22-,26-,30+/m1/s1. The summed E-state index contributed by atoms with van der Waals surface area (Å²) in [5, 5.41) is 11.1. The summed E-state index contributed by atoms with van der Waals surface area (Å²) in [4.78, 5) is 64.5. The molecule has 1 aliphatic rings. The third-order valence-corrected chi connectivity index (χ3v) is 8.74. The first-order chi connectivity index (χ1) is 22.6. The summed E-state index contributed by atoms with van der Waals surface area (Å²) in [6, 6.07) is 17.2. The molecule has 4 bridgehead atoms. The van der Waals surface area contributed by atoms with Crippen LogP contribution in [0.1, 0.15) is 81.6 Å². The number of hydrogen-bond acceptors (Lipinski definition) is 8. The van der Waals surface area contributed by atoms with Gasteiger partial charge in [0.15, 0.2) is 5.69 Å². The highest BCUT2D eigenvalue weighted by molar-refractivity contribution is 7.09. The summed E-state index contributed by atoms with van der Waals surface area (Å²) in [5.41, 5.74) is 2.05. The highest BCUT2D eigenvalue weighted by Crippen LogP contribution is 2.25. The fourth-order valence-corrected chi connectivity index (χ4v) is 6.05. The highest BCUT2D eigenvalue weighted by atomic mass is 32.1. The summed E-state index contributed by atoms with van der Waals surface area (Å²) >= 11 is 1.25. The first kappa shape index (κ1) is 33.3. The predicted octanol–water partition coefficient (Wildman–Crippen LogP) is 4.64. The topological polar surface area (TPSA) is 147 Å². The minimum Gasteiger partial charge on any atom is -0.443 e. The van der Waals surface area contributed by atoms with Gasteiger partial charge in [0.25, 0.3) is 11.8 Å². The average Bonchev–Trinajstić information content (AvgIpc) is 3.70. The van der Waals surface area contributed by atoms with Crippen LogP contribution >= 0.6 is 11.3 Å². The predicted molar refractivity (Wildman–Crippen MR) is 178 cm³/mol. The highest BCUT2D eigenvalue weighted by Gasteiger charge is 2.30. The largest absolute Gasteiger partial charge is 0.443 e. The molecule has 0 aliphatic carbocycles. The number of aromatic nitrogens is 2. The van der Waals surface area contributed by atoms with E-state index in [1.54, 1.807) is 25.3 Å². The quantitative estimate of drug-likeness (QED) is 0.266. The van der Waals surface area contributed by atoms with Gasteiger partial charge in [-0.05, 0) is 43.4 Å². The van der Waals surface area contributed by atoms with Crippen molar-refractivity contribution in [1.29, 1.82) is 0 Å². The summed E-state index contributed by atoms with van der Waals surface area (Å²) in [7, 11) is 0. The molecular formula is C35H38N6O5S. The van der Waals surface area contributed by atoms with E-state index in [0.717, 1.165) is 11.1 Å². The van der Waals surface area contributed by atoms with Crippen molar-refractivity contribution in [3.8, 4) is 0 Å². The van der Waals surface area contributed by atoms with Crippen LogP contribution in [0.15, 0.2) is 76.5 Å². The van der Waals surface area contributed by atoms with Crippen LogP contribution in [0.2, 0.25) is 0 Å². The lowest BCUT2D eigenvalue weighted by Crippen LogP contribution is -2.50. The summed E-state index contributed by atoms with van der Waals surface area (Å²) < 4.78 is 5.90. The molecule has 4 amide bonds. The van der Waals surface area contributed by atoms with Crippen molar-refractivity contribution in [1.82, 2.24) is 30.8 Å². The Bertz CT molecular complexity index is 1750. The van der Waals surface area contributed by atoms with Gasteiger partial charge in [0.1, 0.15) is 22.5 Å². The van der Waals surface area contributed by atoms with E-state index in [1.807, 2.05) is 74.5 Å². The van der Waals surface area contributed by atoms with E-state index < -0.39 is 41.8 Å². The lowest BCUT2D eigenvalue weighted by atomic mass is 10.0. The molecule has 47 heavy (non-hydrogen) atoms. The van der Waals surface area contributed by atoms with Crippen molar-refractivity contribution in [3.05, 3.63) is 111 Å². The smallest absolute Gasteiger partial charge is 0.274 e. The molecular weight excluding hydrogens is 616 g/mol. The molecule has 244 valence electrons. The fourth-order valence-electron chi connectivity index (χ4n) is 5.24.